The molecule has 1 saturated heterocycles. The normalized spacial score (nSPS) is 18.1. The number of imidazole rings is 1. The lowest BCUT2D eigenvalue weighted by Crippen LogP contribution is -2.39. The Balaban J connectivity index is 1.52. The zero-order valence-corrected chi connectivity index (χ0v) is 17.6. The van der Waals surface area contributed by atoms with E-state index in [0.717, 1.165) is 30.7 Å². The average molecular weight is 411 g/mol. The quantitative estimate of drug-likeness (QED) is 0.647. The van der Waals surface area contributed by atoms with Gasteiger partial charge in [-0.15, -0.1) is 0 Å². The first-order valence-corrected chi connectivity index (χ1v) is 11.4. The van der Waals surface area contributed by atoms with Gasteiger partial charge in [-0.1, -0.05) is 35.9 Å². The molecule has 6 nitrogen and oxygen atoms in total. The lowest BCUT2D eigenvalue weighted by atomic mass is 9.95. The molecule has 0 unspecified atom stereocenters. The fourth-order valence-electron chi connectivity index (χ4n) is 3.91. The van der Waals surface area contributed by atoms with Gasteiger partial charge in [-0.2, -0.15) is 4.31 Å². The molecule has 3 aromatic rings. The molecule has 1 aliphatic rings. The number of hydrogen-bond donors (Lipinski definition) is 0. The van der Waals surface area contributed by atoms with Crippen LogP contribution < -0.4 is 0 Å². The van der Waals surface area contributed by atoms with Crippen molar-refractivity contribution in [3.05, 3.63) is 77.5 Å². The highest BCUT2D eigenvalue weighted by Crippen LogP contribution is 2.29. The summed E-state index contributed by atoms with van der Waals surface area (Å²) < 4.78 is 29.1. The molecule has 1 aliphatic heterocycles. The Labute approximate surface area is 172 Å². The number of pyridine rings is 1. The highest BCUT2D eigenvalue weighted by molar-refractivity contribution is 7.89. The van der Waals surface area contributed by atoms with Gasteiger partial charge in [0.2, 0.25) is 0 Å². The molecule has 29 heavy (non-hydrogen) atoms. The first-order valence-electron chi connectivity index (χ1n) is 9.91. The van der Waals surface area contributed by atoms with Gasteiger partial charge < -0.3 is 4.57 Å². The Hall–Kier alpha value is -2.51. The maximum absolute atomic E-state index is 12.9. The first-order chi connectivity index (χ1) is 13.9. The number of benzene rings is 1. The third-order valence-corrected chi connectivity index (χ3v) is 7.13. The van der Waals surface area contributed by atoms with Gasteiger partial charge in [-0.05, 0) is 37.5 Å². The third kappa shape index (κ3) is 4.41. The molecule has 0 N–H and O–H groups in total. The van der Waals surface area contributed by atoms with E-state index in [1.165, 1.54) is 17.5 Å². The van der Waals surface area contributed by atoms with Crippen LogP contribution in [0.4, 0.5) is 0 Å². The summed E-state index contributed by atoms with van der Waals surface area (Å²) in [5, 5.41) is 0.113. The van der Waals surface area contributed by atoms with Crippen LogP contribution >= 0.6 is 0 Å². The van der Waals surface area contributed by atoms with Crippen LogP contribution in [0.2, 0.25) is 0 Å². The second-order valence-electron chi connectivity index (χ2n) is 7.80. The van der Waals surface area contributed by atoms with Crippen molar-refractivity contribution in [2.75, 3.05) is 13.1 Å². The van der Waals surface area contributed by atoms with Gasteiger partial charge in [-0.25, -0.2) is 13.4 Å². The van der Waals surface area contributed by atoms with Crippen molar-refractivity contribution in [3.8, 4) is 0 Å². The lowest BCUT2D eigenvalue weighted by molar-refractivity contribution is 0.311. The van der Waals surface area contributed by atoms with Crippen LogP contribution in [-0.4, -0.2) is 40.3 Å². The second-order valence-corrected chi connectivity index (χ2v) is 9.68. The Kier molecular flexibility index (Phi) is 5.52. The van der Waals surface area contributed by atoms with E-state index >= 15 is 0 Å². The number of rotatable bonds is 5. The van der Waals surface area contributed by atoms with Gasteiger partial charge in [-0.3, -0.25) is 4.98 Å². The zero-order valence-electron chi connectivity index (χ0n) is 16.8. The average Bonchev–Trinajstić information content (AvgIpc) is 3.16. The molecule has 152 valence electrons. The SMILES string of the molecule is Cc1cccc(Cc2cccc([C@@H]3CCCN(S(=O)(=O)c4cn(C)cn4)C3)n2)c1. The van der Waals surface area contributed by atoms with Gasteiger partial charge in [0.15, 0.2) is 5.03 Å². The van der Waals surface area contributed by atoms with E-state index in [0.29, 0.717) is 13.1 Å². The van der Waals surface area contributed by atoms with Crippen LogP contribution in [0.3, 0.4) is 0 Å². The van der Waals surface area contributed by atoms with E-state index in [9.17, 15) is 8.42 Å². The summed E-state index contributed by atoms with van der Waals surface area (Å²) in [5.74, 6) is 0.0969. The van der Waals surface area contributed by atoms with E-state index in [2.05, 4.69) is 36.2 Å². The monoisotopic (exact) mass is 410 g/mol. The van der Waals surface area contributed by atoms with Crippen molar-refractivity contribution >= 4 is 10.0 Å². The summed E-state index contributed by atoms with van der Waals surface area (Å²) in [5.41, 5.74) is 4.45. The van der Waals surface area contributed by atoms with Crippen LogP contribution in [-0.2, 0) is 23.5 Å². The number of sulfonamides is 1. The summed E-state index contributed by atoms with van der Waals surface area (Å²) in [7, 11) is -1.80. The summed E-state index contributed by atoms with van der Waals surface area (Å²) in [4.78, 5) is 8.92. The number of nitrogens with zero attached hydrogens (tertiary/aromatic N) is 4. The lowest BCUT2D eigenvalue weighted by Gasteiger charge is -2.31. The van der Waals surface area contributed by atoms with Crippen LogP contribution in [0.5, 0.6) is 0 Å². The number of piperidine rings is 1. The molecule has 0 spiro atoms. The van der Waals surface area contributed by atoms with Crippen molar-refractivity contribution in [2.45, 2.75) is 37.1 Å². The van der Waals surface area contributed by atoms with Gasteiger partial charge in [0, 0.05) is 50.1 Å². The minimum atomic E-state index is -3.57. The predicted octanol–water partition coefficient (Wildman–Crippen LogP) is 3.28. The number of aromatic nitrogens is 3. The zero-order chi connectivity index (χ0) is 20.4. The van der Waals surface area contributed by atoms with E-state index in [4.69, 9.17) is 4.98 Å². The van der Waals surface area contributed by atoms with E-state index in [-0.39, 0.29) is 10.9 Å². The highest BCUT2D eigenvalue weighted by Gasteiger charge is 2.32. The van der Waals surface area contributed by atoms with Gasteiger partial charge >= 0.3 is 0 Å². The fraction of sp³-hybridized carbons (Fsp3) is 0.364. The molecule has 1 aromatic carbocycles. The van der Waals surface area contributed by atoms with E-state index < -0.39 is 10.0 Å². The molecule has 0 amide bonds. The molecule has 3 heterocycles. The van der Waals surface area contributed by atoms with E-state index in [1.807, 2.05) is 18.2 Å². The number of hydrogen-bond acceptors (Lipinski definition) is 4. The first kappa shape index (κ1) is 19.8. The van der Waals surface area contributed by atoms with Crippen molar-refractivity contribution in [1.82, 2.24) is 18.8 Å². The van der Waals surface area contributed by atoms with Crippen molar-refractivity contribution in [2.24, 2.45) is 7.05 Å². The van der Waals surface area contributed by atoms with Crippen molar-refractivity contribution in [1.29, 1.82) is 0 Å². The van der Waals surface area contributed by atoms with Crippen LogP contribution in [0.25, 0.3) is 0 Å². The maximum atomic E-state index is 12.9. The molecule has 0 radical (unpaired) electrons. The number of aryl methyl sites for hydroxylation is 2. The molecule has 2 aromatic heterocycles. The standard InChI is InChI=1S/C22H26N4O2S/c1-17-6-3-7-18(12-17)13-20-9-4-10-21(24-20)19-8-5-11-26(14-19)29(27,28)22-15-25(2)16-23-22/h3-4,6-7,9-10,12,15-16,19H,5,8,11,13-14H2,1-2H3/t19-/m1/s1. The minimum Gasteiger partial charge on any atom is -0.339 e. The van der Waals surface area contributed by atoms with Crippen molar-refractivity contribution < 1.29 is 8.42 Å². The summed E-state index contributed by atoms with van der Waals surface area (Å²) in [6.07, 6.45) is 5.61. The highest BCUT2D eigenvalue weighted by atomic mass is 32.2. The minimum absolute atomic E-state index is 0.0969. The van der Waals surface area contributed by atoms with Gasteiger partial charge in [0.25, 0.3) is 10.0 Å². The Morgan fingerprint density at radius 2 is 2.00 bits per heavy atom. The van der Waals surface area contributed by atoms with Crippen LogP contribution in [0, 0.1) is 6.92 Å². The third-order valence-electron chi connectivity index (χ3n) is 5.38. The Bertz CT molecular complexity index is 1110. The molecule has 0 aliphatic carbocycles. The second kappa shape index (κ2) is 8.08. The van der Waals surface area contributed by atoms with Crippen molar-refractivity contribution in [3.63, 3.8) is 0 Å². The fourth-order valence-corrected chi connectivity index (χ4v) is 5.40. The predicted molar refractivity (Wildman–Crippen MR) is 112 cm³/mol. The smallest absolute Gasteiger partial charge is 0.262 e. The summed E-state index contributed by atoms with van der Waals surface area (Å²) in [6, 6.07) is 14.5. The Morgan fingerprint density at radius 3 is 2.76 bits per heavy atom. The van der Waals surface area contributed by atoms with E-state index in [1.54, 1.807) is 22.1 Å². The molecule has 1 fully saturated rings. The van der Waals surface area contributed by atoms with Crippen LogP contribution in [0.15, 0.2) is 60.0 Å². The molecular weight excluding hydrogens is 384 g/mol. The van der Waals surface area contributed by atoms with Gasteiger partial charge in [0.05, 0.1) is 6.33 Å². The molecule has 0 bridgehead atoms. The Morgan fingerprint density at radius 1 is 1.17 bits per heavy atom. The molecule has 4 rings (SSSR count). The molecular formula is C22H26N4O2S. The molecule has 1 atom stereocenters. The molecule has 7 heteroatoms. The summed E-state index contributed by atoms with van der Waals surface area (Å²) >= 11 is 0. The van der Waals surface area contributed by atoms with Gasteiger partial charge in [0.1, 0.15) is 0 Å². The molecule has 0 saturated carbocycles. The maximum Gasteiger partial charge on any atom is 0.262 e. The van der Waals surface area contributed by atoms with Crippen LogP contribution in [0.1, 0.15) is 41.3 Å². The topological polar surface area (TPSA) is 68.1 Å². The summed E-state index contributed by atoms with van der Waals surface area (Å²) in [6.45, 7) is 3.06. The largest absolute Gasteiger partial charge is 0.339 e.